The lowest BCUT2D eigenvalue weighted by atomic mass is 10.1. The SMILES string of the molecule is O=C(C=Cc1cc2cccc3c2n(c1=O)CC3)NCc1cccc(C(F)(F)F)c1. The van der Waals surface area contributed by atoms with Gasteiger partial charge in [0, 0.05) is 24.7 Å². The quantitative estimate of drug-likeness (QED) is 0.678. The highest BCUT2D eigenvalue weighted by Crippen LogP contribution is 2.29. The second-order valence-electron chi connectivity index (χ2n) is 6.91. The minimum absolute atomic E-state index is 0.0432. The summed E-state index contributed by atoms with van der Waals surface area (Å²) in [5.41, 5.74) is 1.88. The van der Waals surface area contributed by atoms with Crippen molar-refractivity contribution < 1.29 is 18.0 Å². The Hall–Kier alpha value is -3.35. The number of alkyl halides is 3. The average Bonchev–Trinajstić information content (AvgIpc) is 3.13. The Balaban J connectivity index is 1.49. The Bertz CT molecular complexity index is 1190. The van der Waals surface area contributed by atoms with Crippen molar-refractivity contribution in [3.8, 4) is 0 Å². The van der Waals surface area contributed by atoms with E-state index in [1.54, 1.807) is 10.6 Å². The van der Waals surface area contributed by atoms with Crippen LogP contribution in [0.5, 0.6) is 0 Å². The molecule has 4 nitrogen and oxygen atoms in total. The summed E-state index contributed by atoms with van der Waals surface area (Å²) in [6, 6.07) is 12.4. The fraction of sp³-hybridized carbons (Fsp3) is 0.182. The average molecular weight is 398 g/mol. The van der Waals surface area contributed by atoms with Crippen LogP contribution in [-0.2, 0) is 30.5 Å². The number of aromatic nitrogens is 1. The van der Waals surface area contributed by atoms with Gasteiger partial charge in [0.25, 0.3) is 5.56 Å². The Morgan fingerprint density at radius 1 is 1.14 bits per heavy atom. The maximum Gasteiger partial charge on any atom is 0.416 e. The molecule has 0 radical (unpaired) electrons. The van der Waals surface area contributed by atoms with E-state index in [2.05, 4.69) is 5.32 Å². The molecule has 29 heavy (non-hydrogen) atoms. The van der Waals surface area contributed by atoms with Gasteiger partial charge >= 0.3 is 6.18 Å². The molecule has 0 aliphatic carbocycles. The van der Waals surface area contributed by atoms with Gasteiger partial charge in [0.05, 0.1) is 11.1 Å². The lowest BCUT2D eigenvalue weighted by molar-refractivity contribution is -0.137. The molecule has 1 amide bonds. The Morgan fingerprint density at radius 3 is 2.72 bits per heavy atom. The zero-order valence-corrected chi connectivity index (χ0v) is 15.3. The number of carbonyl (C=O) groups excluding carboxylic acids is 1. The zero-order valence-electron chi connectivity index (χ0n) is 15.3. The summed E-state index contributed by atoms with van der Waals surface area (Å²) in [5, 5.41) is 3.48. The Kier molecular flexibility index (Phi) is 4.74. The number of benzene rings is 2. The lowest BCUT2D eigenvalue weighted by Gasteiger charge is -2.09. The minimum atomic E-state index is -4.43. The van der Waals surface area contributed by atoms with Crippen molar-refractivity contribution in [2.24, 2.45) is 0 Å². The highest BCUT2D eigenvalue weighted by molar-refractivity contribution is 5.92. The van der Waals surface area contributed by atoms with E-state index >= 15 is 0 Å². The first-order valence-electron chi connectivity index (χ1n) is 9.10. The van der Waals surface area contributed by atoms with E-state index < -0.39 is 17.6 Å². The normalized spacial score (nSPS) is 13.3. The molecule has 2 heterocycles. The van der Waals surface area contributed by atoms with Crippen molar-refractivity contribution in [3.63, 3.8) is 0 Å². The fourth-order valence-electron chi connectivity index (χ4n) is 3.58. The highest BCUT2D eigenvalue weighted by atomic mass is 19.4. The van der Waals surface area contributed by atoms with Gasteiger partial charge in [-0.1, -0.05) is 30.3 Å². The maximum atomic E-state index is 12.8. The van der Waals surface area contributed by atoms with Crippen molar-refractivity contribution in [1.29, 1.82) is 0 Å². The van der Waals surface area contributed by atoms with E-state index in [1.165, 1.54) is 24.3 Å². The fourth-order valence-corrected chi connectivity index (χ4v) is 3.58. The number of amides is 1. The molecule has 0 spiro atoms. The summed E-state index contributed by atoms with van der Waals surface area (Å²) in [6.45, 7) is 0.566. The van der Waals surface area contributed by atoms with Crippen LogP contribution in [0.15, 0.2) is 59.4 Å². The number of pyridine rings is 1. The molecule has 0 unspecified atom stereocenters. The van der Waals surface area contributed by atoms with Crippen LogP contribution in [0.3, 0.4) is 0 Å². The van der Waals surface area contributed by atoms with Crippen LogP contribution in [-0.4, -0.2) is 10.5 Å². The minimum Gasteiger partial charge on any atom is -0.348 e. The zero-order chi connectivity index (χ0) is 20.6. The standard InChI is InChI=1S/C22H17F3N2O2/c23-22(24,25)18-6-1-3-14(11-18)13-26-19(28)8-7-17-12-16-5-2-4-15-9-10-27(20(15)16)21(17)29/h1-8,11-12H,9-10,13H2,(H,26,28). The van der Waals surface area contributed by atoms with Crippen molar-refractivity contribution in [3.05, 3.63) is 87.2 Å². The molecule has 3 aromatic rings. The first-order chi connectivity index (χ1) is 13.8. The summed E-state index contributed by atoms with van der Waals surface area (Å²) < 4.78 is 40.0. The summed E-state index contributed by atoms with van der Waals surface area (Å²) >= 11 is 0. The third kappa shape index (κ3) is 3.81. The molecule has 148 valence electrons. The molecule has 2 aromatic carbocycles. The first kappa shape index (κ1) is 19.0. The van der Waals surface area contributed by atoms with Gasteiger partial charge in [0.2, 0.25) is 5.91 Å². The molecular formula is C22H17F3N2O2. The topological polar surface area (TPSA) is 51.1 Å². The van der Waals surface area contributed by atoms with Crippen molar-refractivity contribution in [2.45, 2.75) is 25.7 Å². The van der Waals surface area contributed by atoms with Crippen LogP contribution in [0.2, 0.25) is 0 Å². The first-order valence-corrected chi connectivity index (χ1v) is 9.10. The van der Waals surface area contributed by atoms with Crippen molar-refractivity contribution in [1.82, 2.24) is 9.88 Å². The van der Waals surface area contributed by atoms with Crippen LogP contribution in [0, 0.1) is 0 Å². The molecule has 0 saturated carbocycles. The largest absolute Gasteiger partial charge is 0.416 e. The van der Waals surface area contributed by atoms with Crippen LogP contribution >= 0.6 is 0 Å². The van der Waals surface area contributed by atoms with E-state index in [0.717, 1.165) is 35.0 Å². The third-order valence-corrected chi connectivity index (χ3v) is 4.96. The summed E-state index contributed by atoms with van der Waals surface area (Å²) in [6.07, 6.45) is -0.962. The molecule has 0 atom stereocenters. The number of carbonyl (C=O) groups is 1. The van der Waals surface area contributed by atoms with E-state index in [0.29, 0.717) is 17.7 Å². The second-order valence-corrected chi connectivity index (χ2v) is 6.91. The number of nitrogens with one attached hydrogen (secondary N) is 1. The van der Waals surface area contributed by atoms with Gasteiger partial charge in [-0.25, -0.2) is 0 Å². The van der Waals surface area contributed by atoms with Crippen LogP contribution in [0.4, 0.5) is 13.2 Å². The van der Waals surface area contributed by atoms with E-state index in [4.69, 9.17) is 0 Å². The lowest BCUT2D eigenvalue weighted by Crippen LogP contribution is -2.22. The van der Waals surface area contributed by atoms with Crippen molar-refractivity contribution >= 4 is 22.9 Å². The molecule has 1 aliphatic heterocycles. The van der Waals surface area contributed by atoms with Gasteiger partial charge < -0.3 is 9.88 Å². The maximum absolute atomic E-state index is 12.8. The predicted octanol–water partition coefficient (Wildman–Crippen LogP) is 3.91. The molecule has 0 saturated heterocycles. The smallest absolute Gasteiger partial charge is 0.348 e. The molecule has 4 rings (SSSR count). The van der Waals surface area contributed by atoms with Gasteiger partial charge in [0.15, 0.2) is 0 Å². The second kappa shape index (κ2) is 7.24. The number of hydrogen-bond donors (Lipinski definition) is 1. The Labute approximate surface area is 164 Å². The number of hydrogen-bond acceptors (Lipinski definition) is 2. The monoisotopic (exact) mass is 398 g/mol. The molecule has 1 N–H and O–H groups in total. The Morgan fingerprint density at radius 2 is 1.93 bits per heavy atom. The van der Waals surface area contributed by atoms with E-state index in [9.17, 15) is 22.8 Å². The number of aryl methyl sites for hydroxylation is 2. The summed E-state index contributed by atoms with van der Waals surface area (Å²) in [4.78, 5) is 24.7. The molecule has 0 bridgehead atoms. The van der Waals surface area contributed by atoms with Gasteiger partial charge in [0.1, 0.15) is 0 Å². The van der Waals surface area contributed by atoms with E-state index in [1.807, 2.05) is 18.2 Å². The predicted molar refractivity (Wildman–Crippen MR) is 104 cm³/mol. The van der Waals surface area contributed by atoms with Crippen LogP contribution in [0.25, 0.3) is 17.0 Å². The molecule has 0 fully saturated rings. The van der Waals surface area contributed by atoms with Gasteiger partial charge in [-0.15, -0.1) is 0 Å². The number of rotatable bonds is 4. The van der Waals surface area contributed by atoms with Crippen LogP contribution in [0.1, 0.15) is 22.3 Å². The number of para-hydroxylation sites is 1. The molecular weight excluding hydrogens is 381 g/mol. The summed E-state index contributed by atoms with van der Waals surface area (Å²) in [7, 11) is 0. The molecule has 7 heteroatoms. The third-order valence-electron chi connectivity index (χ3n) is 4.96. The van der Waals surface area contributed by atoms with Crippen LogP contribution < -0.4 is 10.9 Å². The summed E-state index contributed by atoms with van der Waals surface area (Å²) in [5.74, 6) is -0.489. The molecule has 1 aromatic heterocycles. The molecule has 1 aliphatic rings. The van der Waals surface area contributed by atoms with Gasteiger partial charge in [-0.05, 0) is 47.2 Å². The van der Waals surface area contributed by atoms with Gasteiger partial charge in [-0.2, -0.15) is 13.2 Å². The number of nitrogens with zero attached hydrogens (tertiary/aromatic N) is 1. The van der Waals surface area contributed by atoms with Crippen molar-refractivity contribution in [2.75, 3.05) is 0 Å². The van der Waals surface area contributed by atoms with E-state index in [-0.39, 0.29) is 12.1 Å². The van der Waals surface area contributed by atoms with Gasteiger partial charge in [-0.3, -0.25) is 9.59 Å². The highest BCUT2D eigenvalue weighted by Gasteiger charge is 2.30. The number of halogens is 3.